The standard InChI is InChI=1S/C20H21ClN2O2/c1-12-5-4-6-13(11-12)18-14(7-2-3-10-22)17-15(20(24)25)8-9-16(21)19(17)23-18/h4-6,8-9,11,23H,2-3,7,10,22H2,1H3,(H,24,25). The van der Waals surface area contributed by atoms with Crippen molar-refractivity contribution in [3.63, 3.8) is 0 Å². The summed E-state index contributed by atoms with van der Waals surface area (Å²) in [6.07, 6.45) is 2.54. The molecule has 3 aromatic rings. The van der Waals surface area contributed by atoms with Crippen LogP contribution in [0, 0.1) is 6.92 Å². The van der Waals surface area contributed by atoms with Gasteiger partial charge < -0.3 is 15.8 Å². The second-order valence-electron chi connectivity index (χ2n) is 6.24. The van der Waals surface area contributed by atoms with Gasteiger partial charge in [-0.3, -0.25) is 0 Å². The molecule has 0 aliphatic carbocycles. The molecule has 130 valence electrons. The lowest BCUT2D eigenvalue weighted by molar-refractivity contribution is 0.0699. The molecule has 0 aliphatic rings. The molecule has 0 radical (unpaired) electrons. The summed E-state index contributed by atoms with van der Waals surface area (Å²) in [5.41, 5.74) is 10.7. The molecule has 0 atom stereocenters. The van der Waals surface area contributed by atoms with E-state index in [1.165, 1.54) is 0 Å². The Labute approximate surface area is 151 Å². The average molecular weight is 357 g/mol. The summed E-state index contributed by atoms with van der Waals surface area (Å²) in [6, 6.07) is 11.4. The minimum Gasteiger partial charge on any atom is -0.478 e. The molecule has 0 saturated heterocycles. The van der Waals surface area contributed by atoms with Crippen LogP contribution in [-0.4, -0.2) is 22.6 Å². The maximum absolute atomic E-state index is 11.7. The van der Waals surface area contributed by atoms with Crippen molar-refractivity contribution in [2.75, 3.05) is 6.54 Å². The molecular weight excluding hydrogens is 336 g/mol. The van der Waals surface area contributed by atoms with Gasteiger partial charge in [0.1, 0.15) is 0 Å². The second kappa shape index (κ2) is 7.30. The number of carboxylic acid groups (broad SMARTS) is 1. The molecule has 0 bridgehead atoms. The van der Waals surface area contributed by atoms with Gasteiger partial charge in [-0.25, -0.2) is 4.79 Å². The lowest BCUT2D eigenvalue weighted by Gasteiger charge is -2.07. The van der Waals surface area contributed by atoms with E-state index < -0.39 is 5.97 Å². The van der Waals surface area contributed by atoms with E-state index in [-0.39, 0.29) is 5.56 Å². The Kier molecular flexibility index (Phi) is 5.11. The number of carbonyl (C=O) groups is 1. The summed E-state index contributed by atoms with van der Waals surface area (Å²) in [5, 5.41) is 10.8. The summed E-state index contributed by atoms with van der Waals surface area (Å²) in [5.74, 6) is -0.948. The maximum atomic E-state index is 11.7. The van der Waals surface area contributed by atoms with Crippen molar-refractivity contribution in [3.05, 3.63) is 58.1 Å². The lowest BCUT2D eigenvalue weighted by atomic mass is 9.97. The van der Waals surface area contributed by atoms with Crippen LogP contribution >= 0.6 is 11.6 Å². The molecule has 3 rings (SSSR count). The highest BCUT2D eigenvalue weighted by molar-refractivity contribution is 6.36. The summed E-state index contributed by atoms with van der Waals surface area (Å²) in [6.45, 7) is 2.66. The van der Waals surface area contributed by atoms with Gasteiger partial charge in [-0.1, -0.05) is 35.4 Å². The minimum absolute atomic E-state index is 0.275. The molecule has 5 heteroatoms. The Bertz CT molecular complexity index is 931. The van der Waals surface area contributed by atoms with Gasteiger partial charge in [-0.2, -0.15) is 0 Å². The Morgan fingerprint density at radius 1 is 1.24 bits per heavy atom. The molecule has 0 amide bonds. The number of carboxylic acids is 1. The van der Waals surface area contributed by atoms with Gasteiger partial charge in [0, 0.05) is 11.1 Å². The number of aromatic carboxylic acids is 1. The van der Waals surface area contributed by atoms with E-state index in [9.17, 15) is 9.90 Å². The van der Waals surface area contributed by atoms with Crippen LogP contribution in [0.3, 0.4) is 0 Å². The molecule has 0 aliphatic heterocycles. The molecule has 1 aromatic heterocycles. The highest BCUT2D eigenvalue weighted by atomic mass is 35.5. The van der Waals surface area contributed by atoms with Crippen LogP contribution in [0.5, 0.6) is 0 Å². The summed E-state index contributed by atoms with van der Waals surface area (Å²) in [4.78, 5) is 15.1. The van der Waals surface area contributed by atoms with Crippen LogP contribution in [0.4, 0.5) is 0 Å². The predicted molar refractivity (Wildman–Crippen MR) is 102 cm³/mol. The number of halogens is 1. The molecule has 0 fully saturated rings. The quantitative estimate of drug-likeness (QED) is 0.556. The summed E-state index contributed by atoms with van der Waals surface area (Å²) in [7, 11) is 0. The molecule has 25 heavy (non-hydrogen) atoms. The Balaban J connectivity index is 2.28. The zero-order chi connectivity index (χ0) is 18.0. The van der Waals surface area contributed by atoms with Crippen LogP contribution in [0.15, 0.2) is 36.4 Å². The van der Waals surface area contributed by atoms with Crippen LogP contribution in [0.25, 0.3) is 22.2 Å². The van der Waals surface area contributed by atoms with Gasteiger partial charge in [0.05, 0.1) is 16.1 Å². The number of benzene rings is 2. The lowest BCUT2D eigenvalue weighted by Crippen LogP contribution is -2.01. The van der Waals surface area contributed by atoms with Crippen molar-refractivity contribution in [2.24, 2.45) is 5.73 Å². The van der Waals surface area contributed by atoms with Crippen molar-refractivity contribution in [3.8, 4) is 11.3 Å². The van der Waals surface area contributed by atoms with Crippen LogP contribution in [-0.2, 0) is 6.42 Å². The number of aryl methyl sites for hydroxylation is 2. The fourth-order valence-electron chi connectivity index (χ4n) is 3.26. The number of hydrogen-bond acceptors (Lipinski definition) is 2. The molecular formula is C20H21ClN2O2. The number of hydrogen-bond donors (Lipinski definition) is 3. The molecule has 1 heterocycles. The SMILES string of the molecule is Cc1cccc(-c2[nH]c3c(Cl)ccc(C(=O)O)c3c2CCCCN)c1. The Hall–Kier alpha value is -2.30. The smallest absolute Gasteiger partial charge is 0.336 e. The fourth-order valence-corrected chi connectivity index (χ4v) is 3.46. The summed E-state index contributed by atoms with van der Waals surface area (Å²) < 4.78 is 0. The third-order valence-corrected chi connectivity index (χ3v) is 4.74. The minimum atomic E-state index is -0.948. The van der Waals surface area contributed by atoms with E-state index in [2.05, 4.69) is 11.1 Å². The highest BCUT2D eigenvalue weighted by Gasteiger charge is 2.20. The van der Waals surface area contributed by atoms with Gasteiger partial charge in [0.25, 0.3) is 0 Å². The van der Waals surface area contributed by atoms with E-state index in [1.807, 2.05) is 25.1 Å². The molecule has 4 N–H and O–H groups in total. The first-order valence-electron chi connectivity index (χ1n) is 8.36. The van der Waals surface area contributed by atoms with Crippen molar-refractivity contribution < 1.29 is 9.90 Å². The molecule has 0 saturated carbocycles. The van der Waals surface area contributed by atoms with Gasteiger partial charge in [-0.05, 0) is 62.1 Å². The number of nitrogens with one attached hydrogen (secondary N) is 1. The Morgan fingerprint density at radius 3 is 2.72 bits per heavy atom. The normalized spacial score (nSPS) is 11.2. The number of H-pyrrole nitrogens is 1. The van der Waals surface area contributed by atoms with Crippen LogP contribution in [0.1, 0.15) is 34.3 Å². The van der Waals surface area contributed by atoms with Crippen molar-refractivity contribution in [1.82, 2.24) is 4.98 Å². The first-order chi connectivity index (χ1) is 12.0. The van der Waals surface area contributed by atoms with Crippen LogP contribution in [0.2, 0.25) is 5.02 Å². The van der Waals surface area contributed by atoms with E-state index in [0.717, 1.165) is 41.6 Å². The number of aromatic amines is 1. The van der Waals surface area contributed by atoms with Crippen molar-refractivity contribution in [1.29, 1.82) is 0 Å². The number of aromatic nitrogens is 1. The number of unbranched alkanes of at least 4 members (excludes halogenated alkanes) is 1. The predicted octanol–water partition coefficient (Wildman–Crippen LogP) is 4.78. The highest BCUT2D eigenvalue weighted by Crippen LogP contribution is 2.37. The molecule has 0 spiro atoms. The van der Waals surface area contributed by atoms with E-state index in [0.29, 0.717) is 22.5 Å². The van der Waals surface area contributed by atoms with E-state index in [4.69, 9.17) is 17.3 Å². The largest absolute Gasteiger partial charge is 0.478 e. The molecule has 0 unspecified atom stereocenters. The van der Waals surface area contributed by atoms with Crippen LogP contribution < -0.4 is 5.73 Å². The second-order valence-corrected chi connectivity index (χ2v) is 6.65. The third kappa shape index (κ3) is 3.41. The van der Waals surface area contributed by atoms with Crippen molar-refractivity contribution in [2.45, 2.75) is 26.2 Å². The number of nitrogens with two attached hydrogens (primary N) is 1. The zero-order valence-corrected chi connectivity index (χ0v) is 14.9. The molecule has 4 nitrogen and oxygen atoms in total. The zero-order valence-electron chi connectivity index (χ0n) is 14.1. The number of rotatable bonds is 6. The van der Waals surface area contributed by atoms with Gasteiger partial charge in [0.15, 0.2) is 0 Å². The molecule has 2 aromatic carbocycles. The topological polar surface area (TPSA) is 79.1 Å². The Morgan fingerprint density at radius 2 is 2.04 bits per heavy atom. The van der Waals surface area contributed by atoms with E-state index in [1.54, 1.807) is 12.1 Å². The first kappa shape index (κ1) is 17.5. The van der Waals surface area contributed by atoms with Crippen molar-refractivity contribution >= 4 is 28.5 Å². The van der Waals surface area contributed by atoms with Gasteiger partial charge >= 0.3 is 5.97 Å². The average Bonchev–Trinajstić information content (AvgIpc) is 2.96. The maximum Gasteiger partial charge on any atom is 0.336 e. The van der Waals surface area contributed by atoms with Gasteiger partial charge in [0.2, 0.25) is 0 Å². The van der Waals surface area contributed by atoms with Gasteiger partial charge in [-0.15, -0.1) is 0 Å². The third-order valence-electron chi connectivity index (χ3n) is 4.43. The summed E-state index contributed by atoms with van der Waals surface area (Å²) >= 11 is 6.35. The monoisotopic (exact) mass is 356 g/mol. The first-order valence-corrected chi connectivity index (χ1v) is 8.74. The number of fused-ring (bicyclic) bond motifs is 1. The fraction of sp³-hybridized carbons (Fsp3) is 0.250. The van der Waals surface area contributed by atoms with E-state index >= 15 is 0 Å².